The summed E-state index contributed by atoms with van der Waals surface area (Å²) in [6.07, 6.45) is 2.83. The highest BCUT2D eigenvalue weighted by atomic mass is 16.6. The molecule has 148 valence electrons. The van der Waals surface area contributed by atoms with E-state index in [1.54, 1.807) is 46.8 Å². The molecule has 1 aliphatic rings. The number of nitrogens with zero attached hydrogens (tertiary/aromatic N) is 1. The Morgan fingerprint density at radius 3 is 2.38 bits per heavy atom. The lowest BCUT2D eigenvalue weighted by Crippen LogP contribution is -2.59. The highest BCUT2D eigenvalue weighted by molar-refractivity contribution is 5.92. The summed E-state index contributed by atoms with van der Waals surface area (Å²) < 4.78 is 10.3. The maximum absolute atomic E-state index is 12.7. The van der Waals surface area contributed by atoms with Crippen LogP contribution < -0.4 is 5.32 Å². The molecule has 0 aliphatic carbocycles. The molecule has 26 heavy (non-hydrogen) atoms. The van der Waals surface area contributed by atoms with E-state index in [9.17, 15) is 19.5 Å². The van der Waals surface area contributed by atoms with Crippen LogP contribution in [0.1, 0.15) is 48.0 Å². The molecule has 2 N–H and O–H groups in total. The molecule has 0 saturated heterocycles. The third kappa shape index (κ3) is 5.72. The number of amides is 2. The van der Waals surface area contributed by atoms with Crippen LogP contribution in [0.4, 0.5) is 4.79 Å². The maximum atomic E-state index is 12.7. The van der Waals surface area contributed by atoms with Gasteiger partial charge in [0.25, 0.3) is 0 Å². The average Bonchev–Trinajstić information content (AvgIpc) is 3.00. The van der Waals surface area contributed by atoms with Gasteiger partial charge in [-0.2, -0.15) is 0 Å². The monoisotopic (exact) mass is 370 g/mol. The molecule has 0 aromatic rings. The average molecular weight is 370 g/mol. The molecule has 0 spiro atoms. The van der Waals surface area contributed by atoms with Gasteiger partial charge in [-0.05, 0) is 41.0 Å². The van der Waals surface area contributed by atoms with Crippen molar-refractivity contribution in [1.82, 2.24) is 10.2 Å². The summed E-state index contributed by atoms with van der Waals surface area (Å²) in [5.74, 6) is -1.31. The second kappa shape index (κ2) is 8.53. The topological polar surface area (TPSA) is 105 Å². The van der Waals surface area contributed by atoms with Crippen LogP contribution >= 0.6 is 0 Å². The Labute approximate surface area is 154 Å². The second-order valence-corrected chi connectivity index (χ2v) is 7.41. The summed E-state index contributed by atoms with van der Waals surface area (Å²) in [7, 11) is 0. The largest absolute Gasteiger partial charge is 0.464 e. The van der Waals surface area contributed by atoms with Gasteiger partial charge in [-0.25, -0.2) is 9.59 Å². The molecular formula is C18H30N2O6. The zero-order chi connectivity index (χ0) is 20.1. The van der Waals surface area contributed by atoms with Gasteiger partial charge in [0.2, 0.25) is 5.91 Å². The van der Waals surface area contributed by atoms with Crippen LogP contribution in [0.15, 0.2) is 12.2 Å². The molecule has 1 rings (SSSR count). The first-order valence-electron chi connectivity index (χ1n) is 8.78. The number of esters is 1. The van der Waals surface area contributed by atoms with E-state index in [1.165, 1.54) is 11.8 Å². The van der Waals surface area contributed by atoms with Crippen molar-refractivity contribution >= 4 is 18.0 Å². The maximum Gasteiger partial charge on any atom is 0.411 e. The third-order valence-electron chi connectivity index (χ3n) is 4.00. The van der Waals surface area contributed by atoms with Gasteiger partial charge >= 0.3 is 12.1 Å². The van der Waals surface area contributed by atoms with Gasteiger partial charge < -0.3 is 19.9 Å². The SMILES string of the molecule is CCOC(=O)[C@@H](NC(=O)[C@@H]1C=CCN1C(=O)OC(C)(C)C)[C@@](C)(O)CC. The van der Waals surface area contributed by atoms with E-state index in [0.717, 1.165) is 0 Å². The lowest BCUT2D eigenvalue weighted by Gasteiger charge is -2.33. The van der Waals surface area contributed by atoms with Gasteiger partial charge in [-0.1, -0.05) is 19.1 Å². The molecule has 0 unspecified atom stereocenters. The fourth-order valence-electron chi connectivity index (χ4n) is 2.38. The molecule has 2 amide bonds. The molecule has 0 radical (unpaired) electrons. The fourth-order valence-corrected chi connectivity index (χ4v) is 2.38. The zero-order valence-electron chi connectivity index (χ0n) is 16.4. The molecule has 1 heterocycles. The summed E-state index contributed by atoms with van der Waals surface area (Å²) in [4.78, 5) is 38.4. The zero-order valence-corrected chi connectivity index (χ0v) is 16.4. The highest BCUT2D eigenvalue weighted by Crippen LogP contribution is 2.19. The van der Waals surface area contributed by atoms with Gasteiger partial charge in [0, 0.05) is 6.54 Å². The molecule has 8 heteroatoms. The van der Waals surface area contributed by atoms with Crippen LogP contribution in [0, 0.1) is 0 Å². The number of carbonyl (C=O) groups excluding carboxylic acids is 3. The Morgan fingerprint density at radius 1 is 1.27 bits per heavy atom. The summed E-state index contributed by atoms with van der Waals surface area (Å²) in [6.45, 7) is 10.3. The van der Waals surface area contributed by atoms with E-state index in [2.05, 4.69) is 5.32 Å². The first-order valence-corrected chi connectivity index (χ1v) is 8.78. The van der Waals surface area contributed by atoms with Crippen molar-refractivity contribution in [2.24, 2.45) is 0 Å². The Morgan fingerprint density at radius 2 is 1.88 bits per heavy atom. The Bertz CT molecular complexity index is 565. The lowest BCUT2D eigenvalue weighted by molar-refractivity contribution is -0.155. The number of aliphatic hydroxyl groups is 1. The minimum Gasteiger partial charge on any atom is -0.464 e. The van der Waals surface area contributed by atoms with Crippen molar-refractivity contribution in [3.05, 3.63) is 12.2 Å². The van der Waals surface area contributed by atoms with Gasteiger partial charge in [-0.3, -0.25) is 9.69 Å². The van der Waals surface area contributed by atoms with Crippen LogP contribution in [-0.2, 0) is 19.1 Å². The van der Waals surface area contributed by atoms with Crippen LogP contribution in [0.5, 0.6) is 0 Å². The van der Waals surface area contributed by atoms with E-state index in [-0.39, 0.29) is 19.6 Å². The summed E-state index contributed by atoms with van der Waals surface area (Å²) in [6, 6.07) is -2.16. The third-order valence-corrected chi connectivity index (χ3v) is 4.00. The van der Waals surface area contributed by atoms with Gasteiger partial charge in [0.1, 0.15) is 11.6 Å². The minimum absolute atomic E-state index is 0.123. The van der Waals surface area contributed by atoms with Crippen molar-refractivity contribution in [2.45, 2.75) is 71.2 Å². The predicted octanol–water partition coefficient (Wildman–Crippen LogP) is 1.37. The van der Waals surface area contributed by atoms with Crippen molar-refractivity contribution < 1.29 is 29.0 Å². The van der Waals surface area contributed by atoms with Gasteiger partial charge in [0.05, 0.1) is 12.2 Å². The standard InChI is InChI=1S/C18H30N2O6/c1-7-18(6,24)13(15(22)25-8-2)19-14(21)12-10-9-11-20(12)16(23)26-17(3,4)5/h9-10,12-13,24H,7-8,11H2,1-6H3,(H,19,21)/t12-,13+,18-/m0/s1. The van der Waals surface area contributed by atoms with Crippen LogP contribution in [0.2, 0.25) is 0 Å². The Balaban J connectivity index is 2.92. The fraction of sp³-hybridized carbons (Fsp3) is 0.722. The van der Waals surface area contributed by atoms with E-state index in [0.29, 0.717) is 0 Å². The summed E-state index contributed by atoms with van der Waals surface area (Å²) >= 11 is 0. The number of ether oxygens (including phenoxy) is 2. The molecule has 0 bridgehead atoms. The van der Waals surface area contributed by atoms with E-state index in [1.807, 2.05) is 0 Å². The van der Waals surface area contributed by atoms with Crippen molar-refractivity contribution in [1.29, 1.82) is 0 Å². The van der Waals surface area contributed by atoms with E-state index >= 15 is 0 Å². The van der Waals surface area contributed by atoms with Crippen molar-refractivity contribution in [3.8, 4) is 0 Å². The molecule has 0 aromatic heterocycles. The van der Waals surface area contributed by atoms with Crippen molar-refractivity contribution in [2.75, 3.05) is 13.2 Å². The molecule has 8 nitrogen and oxygen atoms in total. The number of hydrogen-bond donors (Lipinski definition) is 2. The molecule has 3 atom stereocenters. The number of nitrogens with one attached hydrogen (secondary N) is 1. The van der Waals surface area contributed by atoms with Crippen LogP contribution in [0.3, 0.4) is 0 Å². The van der Waals surface area contributed by atoms with Crippen LogP contribution in [0.25, 0.3) is 0 Å². The molecule has 0 aromatic carbocycles. The molecule has 1 aliphatic heterocycles. The second-order valence-electron chi connectivity index (χ2n) is 7.41. The number of carbonyl (C=O) groups is 3. The van der Waals surface area contributed by atoms with E-state index < -0.39 is 41.3 Å². The molecular weight excluding hydrogens is 340 g/mol. The Hall–Kier alpha value is -2.09. The normalized spacial score (nSPS) is 20.3. The number of rotatable bonds is 6. The minimum atomic E-state index is -1.49. The van der Waals surface area contributed by atoms with Crippen LogP contribution in [-0.4, -0.2) is 64.4 Å². The smallest absolute Gasteiger partial charge is 0.411 e. The Kier molecular flexibility index (Phi) is 7.20. The molecule has 0 saturated carbocycles. The van der Waals surface area contributed by atoms with Gasteiger partial charge in [0.15, 0.2) is 6.04 Å². The van der Waals surface area contributed by atoms with Crippen molar-refractivity contribution in [3.63, 3.8) is 0 Å². The van der Waals surface area contributed by atoms with E-state index in [4.69, 9.17) is 9.47 Å². The first-order chi connectivity index (χ1) is 11.9. The predicted molar refractivity (Wildman–Crippen MR) is 95.3 cm³/mol. The molecule has 0 fully saturated rings. The highest BCUT2D eigenvalue weighted by Gasteiger charge is 2.41. The number of hydrogen-bond acceptors (Lipinski definition) is 6. The first kappa shape index (κ1) is 22.0. The summed E-state index contributed by atoms with van der Waals surface area (Å²) in [5.41, 5.74) is -2.18. The lowest BCUT2D eigenvalue weighted by atomic mass is 9.93. The summed E-state index contributed by atoms with van der Waals surface area (Å²) in [5, 5.41) is 13.0. The van der Waals surface area contributed by atoms with Gasteiger partial charge in [-0.15, -0.1) is 0 Å². The quantitative estimate of drug-likeness (QED) is 0.540.